The van der Waals surface area contributed by atoms with Crippen molar-refractivity contribution in [3.05, 3.63) is 18.0 Å². The van der Waals surface area contributed by atoms with Crippen molar-refractivity contribution in [2.45, 2.75) is 32.2 Å². The summed E-state index contributed by atoms with van der Waals surface area (Å²) in [6.45, 7) is 3.22. The summed E-state index contributed by atoms with van der Waals surface area (Å²) in [5.41, 5.74) is 6.23. The first-order valence-corrected chi connectivity index (χ1v) is 6.02. The number of nitrogens with two attached hydrogens (primary N) is 1. The first kappa shape index (κ1) is 11.3. The molecule has 16 heavy (non-hydrogen) atoms. The van der Waals surface area contributed by atoms with E-state index in [1.54, 1.807) is 12.3 Å². The molecule has 0 saturated carbocycles. The third kappa shape index (κ3) is 2.14. The standard InChI is InChI=1S/C11H16N4S/c1-2-8-4-3-7-15(8)11-13-6-5-9(14-11)10(12)16/h5-6,8H,2-4,7H2,1H3,(H2,12,16). The molecule has 0 spiro atoms. The fourth-order valence-corrected chi connectivity index (χ4v) is 2.26. The molecule has 1 aliphatic rings. The molecule has 86 valence electrons. The Labute approximate surface area is 101 Å². The molecule has 1 aliphatic heterocycles. The molecule has 2 rings (SSSR count). The lowest BCUT2D eigenvalue weighted by Gasteiger charge is -2.23. The molecule has 1 fully saturated rings. The summed E-state index contributed by atoms with van der Waals surface area (Å²) in [6.07, 6.45) is 5.28. The first-order valence-electron chi connectivity index (χ1n) is 5.62. The predicted molar refractivity (Wildman–Crippen MR) is 68.6 cm³/mol. The number of thiocarbonyl (C=S) groups is 1. The van der Waals surface area contributed by atoms with Crippen LogP contribution in [0.5, 0.6) is 0 Å². The van der Waals surface area contributed by atoms with Gasteiger partial charge in [0.15, 0.2) is 0 Å². The van der Waals surface area contributed by atoms with Gasteiger partial charge in [0.25, 0.3) is 0 Å². The van der Waals surface area contributed by atoms with Crippen LogP contribution in [0.2, 0.25) is 0 Å². The van der Waals surface area contributed by atoms with Crippen LogP contribution >= 0.6 is 12.2 Å². The Morgan fingerprint density at radius 1 is 1.69 bits per heavy atom. The molecule has 4 nitrogen and oxygen atoms in total. The predicted octanol–water partition coefficient (Wildman–Crippen LogP) is 1.49. The molecule has 2 heterocycles. The summed E-state index contributed by atoms with van der Waals surface area (Å²) in [7, 11) is 0. The van der Waals surface area contributed by atoms with Crippen LogP contribution < -0.4 is 10.6 Å². The van der Waals surface area contributed by atoms with Crippen LogP contribution in [0.25, 0.3) is 0 Å². The van der Waals surface area contributed by atoms with Crippen molar-refractivity contribution >= 4 is 23.2 Å². The quantitative estimate of drug-likeness (QED) is 0.806. The van der Waals surface area contributed by atoms with Gasteiger partial charge >= 0.3 is 0 Å². The maximum absolute atomic E-state index is 5.57. The van der Waals surface area contributed by atoms with E-state index in [1.165, 1.54) is 12.8 Å². The number of hydrogen-bond donors (Lipinski definition) is 1. The molecule has 5 heteroatoms. The van der Waals surface area contributed by atoms with Crippen LogP contribution in [0, 0.1) is 0 Å². The third-order valence-corrected chi connectivity index (χ3v) is 3.21. The third-order valence-electron chi connectivity index (χ3n) is 3.00. The molecule has 2 N–H and O–H groups in total. The van der Waals surface area contributed by atoms with Gasteiger partial charge in [-0.25, -0.2) is 9.97 Å². The molecule has 1 aromatic rings. The molecule has 1 atom stereocenters. The molecule has 0 bridgehead atoms. The lowest BCUT2D eigenvalue weighted by Crippen LogP contribution is -2.30. The molecule has 0 aromatic carbocycles. The highest BCUT2D eigenvalue weighted by Gasteiger charge is 2.25. The van der Waals surface area contributed by atoms with Crippen molar-refractivity contribution in [1.29, 1.82) is 0 Å². The lowest BCUT2D eigenvalue weighted by atomic mass is 10.2. The monoisotopic (exact) mass is 236 g/mol. The normalized spacial score (nSPS) is 20.1. The zero-order valence-electron chi connectivity index (χ0n) is 9.39. The second-order valence-corrected chi connectivity index (χ2v) is 4.44. The average Bonchev–Trinajstić information content (AvgIpc) is 2.77. The molecule has 1 aromatic heterocycles. The summed E-state index contributed by atoms with van der Waals surface area (Å²) in [5.74, 6) is 0.759. The van der Waals surface area contributed by atoms with Crippen molar-refractivity contribution in [1.82, 2.24) is 9.97 Å². The van der Waals surface area contributed by atoms with E-state index < -0.39 is 0 Å². The second-order valence-electron chi connectivity index (χ2n) is 4.00. The van der Waals surface area contributed by atoms with Crippen molar-refractivity contribution in [2.75, 3.05) is 11.4 Å². The maximum atomic E-state index is 5.57. The Kier molecular flexibility index (Phi) is 3.33. The smallest absolute Gasteiger partial charge is 0.226 e. The summed E-state index contributed by atoms with van der Waals surface area (Å²) in [6, 6.07) is 2.31. The summed E-state index contributed by atoms with van der Waals surface area (Å²) in [4.78, 5) is 11.3. The van der Waals surface area contributed by atoms with E-state index in [1.807, 2.05) is 0 Å². The van der Waals surface area contributed by atoms with Crippen molar-refractivity contribution in [2.24, 2.45) is 5.73 Å². The highest BCUT2D eigenvalue weighted by molar-refractivity contribution is 7.80. The Bertz CT molecular complexity index is 393. The van der Waals surface area contributed by atoms with Crippen molar-refractivity contribution in [3.8, 4) is 0 Å². The summed E-state index contributed by atoms with van der Waals surface area (Å²) in [5, 5.41) is 0. The molecule has 1 saturated heterocycles. The number of rotatable bonds is 3. The molecule has 1 unspecified atom stereocenters. The van der Waals surface area contributed by atoms with Gasteiger partial charge in [0.05, 0.1) is 0 Å². The van der Waals surface area contributed by atoms with Crippen LogP contribution in [-0.4, -0.2) is 27.5 Å². The number of nitrogens with zero attached hydrogens (tertiary/aromatic N) is 3. The van der Waals surface area contributed by atoms with Crippen LogP contribution in [0.15, 0.2) is 12.3 Å². The maximum Gasteiger partial charge on any atom is 0.226 e. The summed E-state index contributed by atoms with van der Waals surface area (Å²) >= 11 is 4.92. The zero-order valence-corrected chi connectivity index (χ0v) is 10.2. The molecule has 0 radical (unpaired) electrons. The Balaban J connectivity index is 2.26. The highest BCUT2D eigenvalue weighted by Crippen LogP contribution is 2.24. The lowest BCUT2D eigenvalue weighted by molar-refractivity contribution is 0.634. The first-order chi connectivity index (χ1) is 7.72. The molecular formula is C11H16N4S. The van der Waals surface area contributed by atoms with Gasteiger partial charge in [-0.2, -0.15) is 0 Å². The molecule has 0 amide bonds. The fraction of sp³-hybridized carbons (Fsp3) is 0.545. The van der Waals surface area contributed by atoms with Gasteiger partial charge in [-0.05, 0) is 25.3 Å². The van der Waals surface area contributed by atoms with Gasteiger partial charge in [0.2, 0.25) is 5.95 Å². The van der Waals surface area contributed by atoms with Crippen LogP contribution in [0.3, 0.4) is 0 Å². The van der Waals surface area contributed by atoms with Crippen LogP contribution in [0.1, 0.15) is 31.9 Å². The highest BCUT2D eigenvalue weighted by atomic mass is 32.1. The van der Waals surface area contributed by atoms with E-state index in [9.17, 15) is 0 Å². The van der Waals surface area contributed by atoms with Crippen molar-refractivity contribution in [3.63, 3.8) is 0 Å². The van der Waals surface area contributed by atoms with Gasteiger partial charge in [-0.15, -0.1) is 0 Å². The second kappa shape index (κ2) is 4.74. The van der Waals surface area contributed by atoms with E-state index in [2.05, 4.69) is 21.8 Å². The number of hydrogen-bond acceptors (Lipinski definition) is 4. The van der Waals surface area contributed by atoms with Gasteiger partial charge in [0.1, 0.15) is 10.7 Å². The largest absolute Gasteiger partial charge is 0.388 e. The SMILES string of the molecule is CCC1CCCN1c1nccc(C(N)=S)n1. The van der Waals surface area contributed by atoms with Gasteiger partial charge in [0, 0.05) is 18.8 Å². The minimum atomic E-state index is 0.330. The Morgan fingerprint density at radius 2 is 2.50 bits per heavy atom. The minimum absolute atomic E-state index is 0.330. The van der Waals surface area contributed by atoms with E-state index in [0.29, 0.717) is 16.7 Å². The topological polar surface area (TPSA) is 55.0 Å². The van der Waals surface area contributed by atoms with Gasteiger partial charge in [-0.1, -0.05) is 19.1 Å². The average molecular weight is 236 g/mol. The molecular weight excluding hydrogens is 220 g/mol. The summed E-state index contributed by atoms with van der Waals surface area (Å²) < 4.78 is 0. The van der Waals surface area contributed by atoms with E-state index in [-0.39, 0.29) is 0 Å². The number of anilines is 1. The van der Waals surface area contributed by atoms with Crippen LogP contribution in [0.4, 0.5) is 5.95 Å². The van der Waals surface area contributed by atoms with Gasteiger partial charge < -0.3 is 10.6 Å². The van der Waals surface area contributed by atoms with E-state index in [4.69, 9.17) is 18.0 Å². The van der Waals surface area contributed by atoms with Crippen molar-refractivity contribution < 1.29 is 0 Å². The Hall–Kier alpha value is -1.23. The fourth-order valence-electron chi connectivity index (χ4n) is 2.15. The van der Waals surface area contributed by atoms with Gasteiger partial charge in [-0.3, -0.25) is 0 Å². The van der Waals surface area contributed by atoms with E-state index in [0.717, 1.165) is 18.9 Å². The van der Waals surface area contributed by atoms with Crippen LogP contribution in [-0.2, 0) is 0 Å². The number of aromatic nitrogens is 2. The minimum Gasteiger partial charge on any atom is -0.388 e. The Morgan fingerprint density at radius 3 is 3.19 bits per heavy atom. The zero-order chi connectivity index (χ0) is 11.5. The molecule has 0 aliphatic carbocycles. The van der Waals surface area contributed by atoms with E-state index >= 15 is 0 Å².